The van der Waals surface area contributed by atoms with E-state index in [0.29, 0.717) is 31.1 Å². The van der Waals surface area contributed by atoms with E-state index < -0.39 is 11.6 Å². The zero-order chi connectivity index (χ0) is 18.9. The quantitative estimate of drug-likeness (QED) is 0.649. The molecule has 0 aliphatic carbocycles. The van der Waals surface area contributed by atoms with Crippen molar-refractivity contribution in [3.05, 3.63) is 23.8 Å². The van der Waals surface area contributed by atoms with E-state index in [1.54, 1.807) is 32.0 Å². The molecule has 1 amide bonds. The van der Waals surface area contributed by atoms with Crippen LogP contribution in [0.4, 0.5) is 5.69 Å². The highest BCUT2D eigenvalue weighted by molar-refractivity contribution is 5.99. The molecule has 6 nitrogen and oxygen atoms in total. The second-order valence-corrected chi connectivity index (χ2v) is 5.73. The molecule has 1 rings (SSSR count). The Morgan fingerprint density at radius 3 is 2.36 bits per heavy atom. The first-order chi connectivity index (χ1) is 11.9. The zero-order valence-corrected chi connectivity index (χ0v) is 15.8. The molecule has 0 radical (unpaired) electrons. The Bertz CT molecular complexity index is 579. The molecule has 1 aromatic carbocycles. The van der Waals surface area contributed by atoms with Gasteiger partial charge in [0.05, 0.1) is 13.2 Å². The molecule has 6 heteroatoms. The third kappa shape index (κ3) is 5.74. The maximum absolute atomic E-state index is 12.6. The third-order valence-corrected chi connectivity index (χ3v) is 3.70. The summed E-state index contributed by atoms with van der Waals surface area (Å²) in [6.45, 7) is 10.3. The van der Waals surface area contributed by atoms with Crippen molar-refractivity contribution in [3.8, 4) is 5.75 Å². The van der Waals surface area contributed by atoms with Gasteiger partial charge in [-0.1, -0.05) is 13.3 Å². The molecule has 0 unspecified atom stereocenters. The molecule has 0 heterocycles. The minimum absolute atomic E-state index is 0.241. The summed E-state index contributed by atoms with van der Waals surface area (Å²) in [6, 6.07) is 4.92. The van der Waals surface area contributed by atoms with Crippen molar-refractivity contribution in [2.45, 2.75) is 53.1 Å². The molecule has 140 valence electrons. The standard InChI is InChI=1S/C19H29NO5/c1-6-12-19(5,25-9-4)18(22)20-14-10-11-16(23-7-2)15(13-14)17(21)24-8-3/h10-11,13H,6-9,12H2,1-5H3,(H,20,22)/t19-/m1/s1. The van der Waals surface area contributed by atoms with Crippen molar-refractivity contribution < 1.29 is 23.8 Å². The molecule has 0 aromatic heterocycles. The molecule has 0 aliphatic rings. The number of esters is 1. The second kappa shape index (κ2) is 10.0. The van der Waals surface area contributed by atoms with Crippen LogP contribution < -0.4 is 10.1 Å². The second-order valence-electron chi connectivity index (χ2n) is 5.73. The predicted molar refractivity (Wildman–Crippen MR) is 97.1 cm³/mol. The van der Waals surface area contributed by atoms with Crippen LogP contribution in [0.2, 0.25) is 0 Å². The molecule has 0 bridgehead atoms. The van der Waals surface area contributed by atoms with E-state index in [1.807, 2.05) is 20.8 Å². The molecule has 0 aliphatic heterocycles. The number of carbonyl (C=O) groups is 2. The van der Waals surface area contributed by atoms with Gasteiger partial charge >= 0.3 is 5.97 Å². The largest absolute Gasteiger partial charge is 0.493 e. The molecule has 1 atom stereocenters. The van der Waals surface area contributed by atoms with Crippen LogP contribution in [0.15, 0.2) is 18.2 Å². The van der Waals surface area contributed by atoms with Gasteiger partial charge < -0.3 is 19.5 Å². The van der Waals surface area contributed by atoms with Crippen molar-refractivity contribution in [1.29, 1.82) is 0 Å². The monoisotopic (exact) mass is 351 g/mol. The molecular formula is C19H29NO5. The van der Waals surface area contributed by atoms with Crippen molar-refractivity contribution >= 4 is 17.6 Å². The lowest BCUT2D eigenvalue weighted by Gasteiger charge is -2.28. The number of ether oxygens (including phenoxy) is 3. The highest BCUT2D eigenvalue weighted by atomic mass is 16.5. The van der Waals surface area contributed by atoms with Gasteiger partial charge in [0.2, 0.25) is 0 Å². The van der Waals surface area contributed by atoms with Gasteiger partial charge in [-0.25, -0.2) is 4.79 Å². The zero-order valence-electron chi connectivity index (χ0n) is 15.8. The molecular weight excluding hydrogens is 322 g/mol. The van der Waals surface area contributed by atoms with Gasteiger partial charge in [-0.15, -0.1) is 0 Å². The Morgan fingerprint density at radius 1 is 1.08 bits per heavy atom. The van der Waals surface area contributed by atoms with Gasteiger partial charge in [0.25, 0.3) is 5.91 Å². The molecule has 1 aromatic rings. The van der Waals surface area contributed by atoms with Gasteiger partial charge in [-0.3, -0.25) is 4.79 Å². The van der Waals surface area contributed by atoms with Crippen LogP contribution in [-0.4, -0.2) is 37.3 Å². The van der Waals surface area contributed by atoms with Crippen LogP contribution in [0.5, 0.6) is 5.75 Å². The van der Waals surface area contributed by atoms with Gasteiger partial charge in [-0.2, -0.15) is 0 Å². The number of carbonyl (C=O) groups excluding carboxylic acids is 2. The Labute approximate surface area is 149 Å². The van der Waals surface area contributed by atoms with Gasteiger partial charge in [0.15, 0.2) is 0 Å². The van der Waals surface area contributed by atoms with Crippen molar-refractivity contribution in [2.75, 3.05) is 25.1 Å². The summed E-state index contributed by atoms with van der Waals surface area (Å²) in [5.41, 5.74) is -0.125. The third-order valence-electron chi connectivity index (χ3n) is 3.70. The summed E-state index contributed by atoms with van der Waals surface area (Å²) in [5.74, 6) is -0.293. The predicted octanol–water partition coefficient (Wildman–Crippen LogP) is 3.80. The number of benzene rings is 1. The maximum Gasteiger partial charge on any atom is 0.341 e. The first kappa shape index (κ1) is 21.0. The Kier molecular flexibility index (Phi) is 8.41. The van der Waals surface area contributed by atoms with E-state index >= 15 is 0 Å². The van der Waals surface area contributed by atoms with Crippen molar-refractivity contribution in [2.24, 2.45) is 0 Å². The number of amides is 1. The van der Waals surface area contributed by atoms with Crippen molar-refractivity contribution in [1.82, 2.24) is 0 Å². The smallest absolute Gasteiger partial charge is 0.341 e. The van der Waals surface area contributed by atoms with Crippen LogP contribution in [0.1, 0.15) is 57.8 Å². The summed E-state index contributed by atoms with van der Waals surface area (Å²) in [7, 11) is 0. The van der Waals surface area contributed by atoms with Crippen LogP contribution in [-0.2, 0) is 14.3 Å². The fourth-order valence-corrected chi connectivity index (χ4v) is 2.57. The number of nitrogens with one attached hydrogen (secondary N) is 1. The molecule has 0 saturated carbocycles. The molecule has 1 N–H and O–H groups in total. The number of hydrogen-bond acceptors (Lipinski definition) is 5. The highest BCUT2D eigenvalue weighted by Crippen LogP contribution is 2.26. The van der Waals surface area contributed by atoms with E-state index in [4.69, 9.17) is 14.2 Å². The average Bonchev–Trinajstić information content (AvgIpc) is 2.57. The number of rotatable bonds is 10. The van der Waals surface area contributed by atoms with E-state index in [2.05, 4.69) is 5.32 Å². The lowest BCUT2D eigenvalue weighted by Crippen LogP contribution is -2.42. The minimum atomic E-state index is -0.911. The van der Waals surface area contributed by atoms with Gasteiger partial charge in [-0.05, 0) is 52.3 Å². The molecule has 0 spiro atoms. The van der Waals surface area contributed by atoms with Crippen LogP contribution in [0, 0.1) is 0 Å². The molecule has 0 saturated heterocycles. The summed E-state index contributed by atoms with van der Waals surface area (Å²) < 4.78 is 16.2. The summed E-state index contributed by atoms with van der Waals surface area (Å²) in [4.78, 5) is 24.8. The highest BCUT2D eigenvalue weighted by Gasteiger charge is 2.33. The maximum atomic E-state index is 12.6. The van der Waals surface area contributed by atoms with Crippen LogP contribution in [0.25, 0.3) is 0 Å². The van der Waals surface area contributed by atoms with E-state index in [9.17, 15) is 9.59 Å². The molecule has 0 fully saturated rings. The fourth-order valence-electron chi connectivity index (χ4n) is 2.57. The number of hydrogen-bond donors (Lipinski definition) is 1. The molecule has 25 heavy (non-hydrogen) atoms. The van der Waals surface area contributed by atoms with Crippen LogP contribution in [0.3, 0.4) is 0 Å². The van der Waals surface area contributed by atoms with E-state index in [-0.39, 0.29) is 18.1 Å². The summed E-state index contributed by atoms with van der Waals surface area (Å²) in [6.07, 6.45) is 1.43. The first-order valence-corrected chi connectivity index (χ1v) is 8.81. The van der Waals surface area contributed by atoms with E-state index in [0.717, 1.165) is 6.42 Å². The van der Waals surface area contributed by atoms with Gasteiger partial charge in [0.1, 0.15) is 16.9 Å². The Balaban J connectivity index is 3.06. The fraction of sp³-hybridized carbons (Fsp3) is 0.579. The van der Waals surface area contributed by atoms with E-state index in [1.165, 1.54) is 0 Å². The number of anilines is 1. The average molecular weight is 351 g/mol. The first-order valence-electron chi connectivity index (χ1n) is 8.81. The van der Waals surface area contributed by atoms with Gasteiger partial charge in [0, 0.05) is 12.3 Å². The topological polar surface area (TPSA) is 73.9 Å². The van der Waals surface area contributed by atoms with Crippen molar-refractivity contribution in [3.63, 3.8) is 0 Å². The lowest BCUT2D eigenvalue weighted by atomic mass is 9.99. The SMILES string of the molecule is CCC[C@@](C)(OCC)C(=O)Nc1ccc(OCC)c(C(=O)OCC)c1. The lowest BCUT2D eigenvalue weighted by molar-refractivity contribution is -0.139. The summed E-state index contributed by atoms with van der Waals surface area (Å²) in [5, 5.41) is 2.83. The Hall–Kier alpha value is -2.08. The normalized spacial score (nSPS) is 13.0. The summed E-state index contributed by atoms with van der Waals surface area (Å²) >= 11 is 0. The Morgan fingerprint density at radius 2 is 1.80 bits per heavy atom. The van der Waals surface area contributed by atoms with Crippen LogP contribution >= 0.6 is 0 Å². The minimum Gasteiger partial charge on any atom is -0.493 e.